The monoisotopic (exact) mass is 301 g/mol. The van der Waals surface area contributed by atoms with E-state index >= 15 is 0 Å². The van der Waals surface area contributed by atoms with E-state index in [1.54, 1.807) is 11.3 Å². The molecule has 0 amide bonds. The Kier molecular flexibility index (Phi) is 4.09. The van der Waals surface area contributed by atoms with Crippen molar-refractivity contribution in [1.29, 1.82) is 0 Å². The molecule has 2 aromatic rings. The van der Waals surface area contributed by atoms with E-state index in [1.165, 1.54) is 17.7 Å². The minimum absolute atomic E-state index is 0.194. The standard InChI is InChI=1S/C17H23N3S/c1-17(2,3)19-9-12-4-5-15-14(8-12)10-18-16(20-15)13-6-7-21-11-13/h6-7,10-12,19H,4-5,8-9H2,1-3H3. The third kappa shape index (κ3) is 3.69. The second-order valence-corrected chi connectivity index (χ2v) is 7.70. The fourth-order valence-corrected chi connectivity index (χ4v) is 3.37. The van der Waals surface area contributed by atoms with Gasteiger partial charge in [0.2, 0.25) is 0 Å². The SMILES string of the molecule is CC(C)(C)NCC1CCc2nc(-c3ccsc3)ncc2C1. The summed E-state index contributed by atoms with van der Waals surface area (Å²) in [6.45, 7) is 7.75. The van der Waals surface area contributed by atoms with E-state index in [-0.39, 0.29) is 5.54 Å². The lowest BCUT2D eigenvalue weighted by Crippen LogP contribution is -2.40. The van der Waals surface area contributed by atoms with Crippen molar-refractivity contribution in [3.63, 3.8) is 0 Å². The summed E-state index contributed by atoms with van der Waals surface area (Å²) in [7, 11) is 0. The molecule has 1 aliphatic rings. The molecule has 2 aromatic heterocycles. The first-order valence-corrected chi connectivity index (χ1v) is 8.58. The number of aryl methyl sites for hydroxylation is 1. The van der Waals surface area contributed by atoms with Crippen LogP contribution >= 0.6 is 11.3 Å². The van der Waals surface area contributed by atoms with Crippen LogP contribution in [0.4, 0.5) is 0 Å². The van der Waals surface area contributed by atoms with Gasteiger partial charge in [-0.3, -0.25) is 0 Å². The van der Waals surface area contributed by atoms with Crippen LogP contribution in [0.1, 0.15) is 38.4 Å². The zero-order valence-electron chi connectivity index (χ0n) is 13.0. The molecule has 3 rings (SSSR count). The highest BCUT2D eigenvalue weighted by molar-refractivity contribution is 7.08. The lowest BCUT2D eigenvalue weighted by molar-refractivity contribution is 0.347. The smallest absolute Gasteiger partial charge is 0.160 e. The molecule has 21 heavy (non-hydrogen) atoms. The van der Waals surface area contributed by atoms with Crippen molar-refractivity contribution in [3.8, 4) is 11.4 Å². The molecule has 1 N–H and O–H groups in total. The van der Waals surface area contributed by atoms with Gasteiger partial charge in [-0.15, -0.1) is 0 Å². The van der Waals surface area contributed by atoms with Gasteiger partial charge in [-0.2, -0.15) is 11.3 Å². The molecule has 0 fully saturated rings. The summed E-state index contributed by atoms with van der Waals surface area (Å²) >= 11 is 1.69. The number of aromatic nitrogens is 2. The molecule has 0 saturated carbocycles. The summed E-state index contributed by atoms with van der Waals surface area (Å²) in [5, 5.41) is 7.80. The molecule has 1 unspecified atom stereocenters. The zero-order valence-corrected chi connectivity index (χ0v) is 13.8. The van der Waals surface area contributed by atoms with Crippen molar-refractivity contribution in [3.05, 3.63) is 34.3 Å². The van der Waals surface area contributed by atoms with Gasteiger partial charge in [0.05, 0.1) is 0 Å². The van der Waals surface area contributed by atoms with Gasteiger partial charge < -0.3 is 5.32 Å². The Labute approximate surface area is 130 Å². The normalized spacial score (nSPS) is 18.5. The first-order chi connectivity index (χ1) is 10.0. The molecule has 0 radical (unpaired) electrons. The van der Waals surface area contributed by atoms with Gasteiger partial charge >= 0.3 is 0 Å². The molecule has 0 saturated heterocycles. The second kappa shape index (κ2) is 5.85. The van der Waals surface area contributed by atoms with Crippen LogP contribution in [0.2, 0.25) is 0 Å². The summed E-state index contributed by atoms with van der Waals surface area (Å²) in [5.41, 5.74) is 3.91. The summed E-state index contributed by atoms with van der Waals surface area (Å²) in [4.78, 5) is 9.33. The maximum atomic E-state index is 4.77. The van der Waals surface area contributed by atoms with Crippen LogP contribution in [-0.4, -0.2) is 22.1 Å². The van der Waals surface area contributed by atoms with Crippen molar-refractivity contribution in [2.45, 2.75) is 45.6 Å². The number of hydrogen-bond donors (Lipinski definition) is 1. The van der Waals surface area contributed by atoms with Crippen LogP contribution in [0.3, 0.4) is 0 Å². The molecular formula is C17H23N3S. The molecule has 4 heteroatoms. The van der Waals surface area contributed by atoms with Crippen LogP contribution in [-0.2, 0) is 12.8 Å². The van der Waals surface area contributed by atoms with Crippen molar-refractivity contribution < 1.29 is 0 Å². The highest BCUT2D eigenvalue weighted by atomic mass is 32.1. The maximum Gasteiger partial charge on any atom is 0.160 e. The van der Waals surface area contributed by atoms with Gasteiger partial charge in [-0.05, 0) is 69.5 Å². The van der Waals surface area contributed by atoms with Gasteiger partial charge in [0.25, 0.3) is 0 Å². The van der Waals surface area contributed by atoms with Gasteiger partial charge in [-0.25, -0.2) is 9.97 Å². The zero-order chi connectivity index (χ0) is 14.9. The van der Waals surface area contributed by atoms with Gasteiger partial charge in [-0.1, -0.05) is 0 Å². The topological polar surface area (TPSA) is 37.8 Å². The van der Waals surface area contributed by atoms with E-state index in [1.807, 2.05) is 6.20 Å². The van der Waals surface area contributed by atoms with Gasteiger partial charge in [0.15, 0.2) is 5.82 Å². The molecule has 1 atom stereocenters. The van der Waals surface area contributed by atoms with Crippen LogP contribution < -0.4 is 5.32 Å². The van der Waals surface area contributed by atoms with E-state index in [0.717, 1.165) is 30.8 Å². The van der Waals surface area contributed by atoms with E-state index in [9.17, 15) is 0 Å². The average Bonchev–Trinajstić information content (AvgIpc) is 2.98. The number of thiophene rings is 1. The molecule has 3 nitrogen and oxygen atoms in total. The number of nitrogens with one attached hydrogen (secondary N) is 1. The van der Waals surface area contributed by atoms with E-state index in [2.05, 4.69) is 47.9 Å². The van der Waals surface area contributed by atoms with Crippen molar-refractivity contribution in [2.24, 2.45) is 5.92 Å². The summed E-state index contributed by atoms with van der Waals surface area (Å²) < 4.78 is 0. The number of nitrogens with zero attached hydrogens (tertiary/aromatic N) is 2. The van der Waals surface area contributed by atoms with E-state index in [4.69, 9.17) is 4.98 Å². The Hall–Kier alpha value is -1.26. The molecule has 0 bridgehead atoms. The molecule has 2 heterocycles. The predicted octanol–water partition coefficient (Wildman–Crippen LogP) is 3.70. The second-order valence-electron chi connectivity index (χ2n) is 6.92. The van der Waals surface area contributed by atoms with Crippen molar-refractivity contribution in [2.75, 3.05) is 6.54 Å². The summed E-state index contributed by atoms with van der Waals surface area (Å²) in [5.74, 6) is 1.58. The van der Waals surface area contributed by atoms with Crippen LogP contribution in [0, 0.1) is 5.92 Å². The quantitative estimate of drug-likeness (QED) is 0.939. The Morgan fingerprint density at radius 3 is 2.95 bits per heavy atom. The van der Waals surface area contributed by atoms with Crippen molar-refractivity contribution >= 4 is 11.3 Å². The third-order valence-electron chi connectivity index (χ3n) is 3.95. The Balaban J connectivity index is 1.70. The van der Waals surface area contributed by atoms with Crippen molar-refractivity contribution in [1.82, 2.24) is 15.3 Å². The molecular weight excluding hydrogens is 278 g/mol. The lowest BCUT2D eigenvalue weighted by atomic mass is 9.86. The lowest BCUT2D eigenvalue weighted by Gasteiger charge is -2.28. The van der Waals surface area contributed by atoms with Crippen LogP contribution in [0.5, 0.6) is 0 Å². The number of hydrogen-bond acceptors (Lipinski definition) is 4. The molecule has 0 aliphatic heterocycles. The van der Waals surface area contributed by atoms with E-state index < -0.39 is 0 Å². The maximum absolute atomic E-state index is 4.77. The Morgan fingerprint density at radius 2 is 2.24 bits per heavy atom. The minimum atomic E-state index is 0.194. The molecule has 0 spiro atoms. The number of fused-ring (bicyclic) bond motifs is 1. The third-order valence-corrected chi connectivity index (χ3v) is 4.64. The average molecular weight is 301 g/mol. The van der Waals surface area contributed by atoms with Crippen LogP contribution in [0.15, 0.2) is 23.0 Å². The summed E-state index contributed by atoms with van der Waals surface area (Å²) in [6.07, 6.45) is 5.43. The van der Waals surface area contributed by atoms with Gasteiger partial charge in [0.1, 0.15) is 0 Å². The minimum Gasteiger partial charge on any atom is -0.312 e. The molecule has 1 aliphatic carbocycles. The summed E-state index contributed by atoms with van der Waals surface area (Å²) in [6, 6.07) is 2.09. The Morgan fingerprint density at radius 1 is 1.38 bits per heavy atom. The largest absolute Gasteiger partial charge is 0.312 e. The van der Waals surface area contributed by atoms with E-state index in [0.29, 0.717) is 5.92 Å². The first-order valence-electron chi connectivity index (χ1n) is 7.64. The highest BCUT2D eigenvalue weighted by Crippen LogP contribution is 2.26. The predicted molar refractivity (Wildman–Crippen MR) is 88.6 cm³/mol. The van der Waals surface area contributed by atoms with Gasteiger partial charge in [0, 0.05) is 28.4 Å². The first kappa shape index (κ1) is 14.7. The fraction of sp³-hybridized carbons (Fsp3) is 0.529. The number of rotatable bonds is 3. The molecule has 112 valence electrons. The molecule has 0 aromatic carbocycles. The highest BCUT2D eigenvalue weighted by Gasteiger charge is 2.22. The Bertz CT molecular complexity index is 599. The van der Waals surface area contributed by atoms with Crippen LogP contribution in [0.25, 0.3) is 11.4 Å². The fourth-order valence-electron chi connectivity index (χ4n) is 2.74.